The van der Waals surface area contributed by atoms with Gasteiger partial charge in [-0.25, -0.2) is 4.98 Å². The largest absolute Gasteiger partial charge is 0.480 e. The Bertz CT molecular complexity index is 812. The zero-order valence-electron chi connectivity index (χ0n) is 14.1. The number of hydrogen-bond acceptors (Lipinski definition) is 4. The molecule has 1 heterocycles. The van der Waals surface area contributed by atoms with Gasteiger partial charge < -0.3 is 15.7 Å². The lowest BCUT2D eigenvalue weighted by molar-refractivity contribution is -0.153. The predicted molar refractivity (Wildman–Crippen MR) is 95.8 cm³/mol. The number of benzene rings is 1. The Morgan fingerprint density at radius 1 is 0.962 bits per heavy atom. The minimum absolute atomic E-state index is 0.286. The van der Waals surface area contributed by atoms with Gasteiger partial charge in [0, 0.05) is 5.56 Å². The molecule has 0 spiro atoms. The molecule has 1 aliphatic rings. The fraction of sp³-hybridized carbons (Fsp3) is 0.263. The van der Waals surface area contributed by atoms with Gasteiger partial charge in [-0.05, 0) is 37.1 Å². The van der Waals surface area contributed by atoms with Gasteiger partial charge in [-0.2, -0.15) is 0 Å². The molecular weight excluding hydrogens is 334 g/mol. The molecule has 2 amide bonds. The maximum absolute atomic E-state index is 12.4. The number of aromatic nitrogens is 1. The quantitative estimate of drug-likeness (QED) is 0.716. The number of carboxylic acid groups (broad SMARTS) is 1. The number of rotatable bonds is 5. The van der Waals surface area contributed by atoms with E-state index in [2.05, 4.69) is 15.6 Å². The first-order valence-electron chi connectivity index (χ1n) is 8.38. The summed E-state index contributed by atoms with van der Waals surface area (Å²) in [5.41, 5.74) is -0.461. The van der Waals surface area contributed by atoms with Crippen molar-refractivity contribution in [3.05, 3.63) is 54.2 Å². The minimum Gasteiger partial charge on any atom is -0.480 e. The fourth-order valence-electron chi connectivity index (χ4n) is 3.09. The lowest BCUT2D eigenvalue weighted by atomic mass is 9.85. The third kappa shape index (κ3) is 3.56. The van der Waals surface area contributed by atoms with E-state index >= 15 is 0 Å². The van der Waals surface area contributed by atoms with Crippen molar-refractivity contribution in [2.45, 2.75) is 25.7 Å². The number of nitrogens with one attached hydrogen (secondary N) is 2. The first-order chi connectivity index (χ1) is 12.5. The Labute approximate surface area is 150 Å². The third-order valence-electron chi connectivity index (χ3n) is 4.60. The van der Waals surface area contributed by atoms with Crippen LogP contribution in [0.15, 0.2) is 48.7 Å². The van der Waals surface area contributed by atoms with Crippen LogP contribution in [0.4, 0.5) is 11.5 Å². The SMILES string of the molecule is O=C(Nc1ccc(NC(=O)C2(C(=O)O)CCCC2)cn1)c1ccccc1. The molecule has 1 aromatic heterocycles. The van der Waals surface area contributed by atoms with E-state index < -0.39 is 17.3 Å². The summed E-state index contributed by atoms with van der Waals surface area (Å²) in [5, 5.41) is 14.7. The Morgan fingerprint density at radius 2 is 1.65 bits per heavy atom. The van der Waals surface area contributed by atoms with Crippen molar-refractivity contribution in [3.8, 4) is 0 Å². The molecule has 26 heavy (non-hydrogen) atoms. The summed E-state index contributed by atoms with van der Waals surface area (Å²) >= 11 is 0. The third-order valence-corrected chi connectivity index (χ3v) is 4.60. The number of carbonyl (C=O) groups excluding carboxylic acids is 2. The summed E-state index contributed by atoms with van der Waals surface area (Å²) < 4.78 is 0. The van der Waals surface area contributed by atoms with Gasteiger partial charge in [0.2, 0.25) is 5.91 Å². The van der Waals surface area contributed by atoms with E-state index in [-0.39, 0.29) is 5.91 Å². The van der Waals surface area contributed by atoms with Crippen LogP contribution in [-0.4, -0.2) is 27.9 Å². The summed E-state index contributed by atoms with van der Waals surface area (Å²) in [5.74, 6) is -1.56. The number of amides is 2. The molecule has 7 nitrogen and oxygen atoms in total. The van der Waals surface area contributed by atoms with E-state index in [4.69, 9.17) is 0 Å². The highest BCUT2D eigenvalue weighted by molar-refractivity contribution is 6.08. The zero-order valence-corrected chi connectivity index (χ0v) is 14.1. The van der Waals surface area contributed by atoms with E-state index in [1.807, 2.05) is 6.07 Å². The van der Waals surface area contributed by atoms with E-state index in [1.165, 1.54) is 6.20 Å². The molecule has 1 aliphatic carbocycles. The van der Waals surface area contributed by atoms with Crippen LogP contribution in [0.2, 0.25) is 0 Å². The van der Waals surface area contributed by atoms with E-state index in [1.54, 1.807) is 36.4 Å². The van der Waals surface area contributed by atoms with Crippen LogP contribution in [0.1, 0.15) is 36.0 Å². The highest BCUT2D eigenvalue weighted by atomic mass is 16.4. The second-order valence-electron chi connectivity index (χ2n) is 6.30. The molecule has 0 aliphatic heterocycles. The highest BCUT2D eigenvalue weighted by Gasteiger charge is 2.48. The van der Waals surface area contributed by atoms with Crippen molar-refractivity contribution < 1.29 is 19.5 Å². The van der Waals surface area contributed by atoms with Crippen LogP contribution < -0.4 is 10.6 Å². The summed E-state index contributed by atoms with van der Waals surface area (Å²) in [7, 11) is 0. The van der Waals surface area contributed by atoms with Gasteiger partial charge in [-0.1, -0.05) is 31.0 Å². The summed E-state index contributed by atoms with van der Waals surface area (Å²) in [6.45, 7) is 0. The molecule has 3 rings (SSSR count). The van der Waals surface area contributed by atoms with Crippen molar-refractivity contribution >= 4 is 29.3 Å². The topological polar surface area (TPSA) is 108 Å². The molecular formula is C19H19N3O4. The van der Waals surface area contributed by atoms with Crippen LogP contribution in [0, 0.1) is 5.41 Å². The molecule has 0 atom stereocenters. The number of anilines is 2. The number of hydrogen-bond donors (Lipinski definition) is 3. The monoisotopic (exact) mass is 353 g/mol. The maximum atomic E-state index is 12.4. The number of carbonyl (C=O) groups is 3. The van der Waals surface area contributed by atoms with Crippen LogP contribution in [0.25, 0.3) is 0 Å². The molecule has 0 bridgehead atoms. The molecule has 1 saturated carbocycles. The highest BCUT2D eigenvalue weighted by Crippen LogP contribution is 2.39. The van der Waals surface area contributed by atoms with Crippen molar-refractivity contribution in [2.24, 2.45) is 5.41 Å². The molecule has 0 saturated heterocycles. The second-order valence-corrected chi connectivity index (χ2v) is 6.30. The zero-order chi connectivity index (χ0) is 18.6. The fourth-order valence-corrected chi connectivity index (χ4v) is 3.09. The number of carboxylic acids is 1. The lowest BCUT2D eigenvalue weighted by Gasteiger charge is -2.22. The number of nitrogens with zero attached hydrogens (tertiary/aromatic N) is 1. The first kappa shape index (κ1) is 17.6. The Kier molecular flexibility index (Phi) is 4.97. The van der Waals surface area contributed by atoms with Crippen LogP contribution >= 0.6 is 0 Å². The van der Waals surface area contributed by atoms with Gasteiger partial charge in [0.15, 0.2) is 0 Å². The van der Waals surface area contributed by atoms with Crippen molar-refractivity contribution in [2.75, 3.05) is 10.6 Å². The molecule has 3 N–H and O–H groups in total. The summed E-state index contributed by atoms with van der Waals surface area (Å²) in [6.07, 6.45) is 3.52. The lowest BCUT2D eigenvalue weighted by Crippen LogP contribution is -2.40. The average molecular weight is 353 g/mol. The maximum Gasteiger partial charge on any atom is 0.319 e. The van der Waals surface area contributed by atoms with E-state index in [0.29, 0.717) is 29.9 Å². The smallest absolute Gasteiger partial charge is 0.319 e. The van der Waals surface area contributed by atoms with Crippen LogP contribution in [0.5, 0.6) is 0 Å². The summed E-state index contributed by atoms with van der Waals surface area (Å²) in [6, 6.07) is 11.9. The predicted octanol–water partition coefficient (Wildman–Crippen LogP) is 2.92. The van der Waals surface area contributed by atoms with Crippen molar-refractivity contribution in [1.82, 2.24) is 4.98 Å². The molecule has 0 radical (unpaired) electrons. The van der Waals surface area contributed by atoms with Gasteiger partial charge >= 0.3 is 5.97 Å². The van der Waals surface area contributed by atoms with Crippen LogP contribution in [0.3, 0.4) is 0 Å². The van der Waals surface area contributed by atoms with Gasteiger partial charge in [0.05, 0.1) is 11.9 Å². The minimum atomic E-state index is -1.36. The second kappa shape index (κ2) is 7.35. The molecule has 1 aromatic carbocycles. The standard InChI is InChI=1S/C19H19N3O4/c23-16(13-6-2-1-3-7-13)22-15-9-8-14(12-20-15)21-17(24)19(18(25)26)10-4-5-11-19/h1-3,6-9,12H,4-5,10-11H2,(H,21,24)(H,25,26)(H,20,22,23). The Morgan fingerprint density at radius 3 is 2.23 bits per heavy atom. The Balaban J connectivity index is 1.65. The van der Waals surface area contributed by atoms with Gasteiger partial charge in [-0.15, -0.1) is 0 Å². The van der Waals surface area contributed by atoms with Crippen molar-refractivity contribution in [3.63, 3.8) is 0 Å². The normalized spacial score (nSPS) is 15.2. The molecule has 7 heteroatoms. The molecule has 134 valence electrons. The Hall–Kier alpha value is -3.22. The number of aliphatic carboxylic acids is 1. The van der Waals surface area contributed by atoms with Crippen molar-refractivity contribution in [1.29, 1.82) is 0 Å². The van der Waals surface area contributed by atoms with E-state index in [9.17, 15) is 19.5 Å². The van der Waals surface area contributed by atoms with Crippen LogP contribution in [-0.2, 0) is 9.59 Å². The molecule has 1 fully saturated rings. The molecule has 0 unspecified atom stereocenters. The average Bonchev–Trinajstić information content (AvgIpc) is 3.15. The van der Waals surface area contributed by atoms with E-state index in [0.717, 1.165) is 12.8 Å². The first-order valence-corrected chi connectivity index (χ1v) is 8.38. The van der Waals surface area contributed by atoms with Gasteiger partial charge in [0.25, 0.3) is 5.91 Å². The summed E-state index contributed by atoms with van der Waals surface area (Å²) in [4.78, 5) is 40.2. The molecule has 2 aromatic rings. The number of pyridine rings is 1. The van der Waals surface area contributed by atoms with Gasteiger partial charge in [0.1, 0.15) is 11.2 Å². The van der Waals surface area contributed by atoms with Gasteiger partial charge in [-0.3, -0.25) is 14.4 Å².